The fraction of sp³-hybridized carbons (Fsp3) is 0.231. The molecule has 0 amide bonds. The molecule has 3 nitrogen and oxygen atoms in total. The van der Waals surface area contributed by atoms with Gasteiger partial charge in [0.25, 0.3) is 0 Å². The van der Waals surface area contributed by atoms with Gasteiger partial charge in [0, 0.05) is 12.4 Å². The molecule has 0 spiro atoms. The van der Waals surface area contributed by atoms with Crippen molar-refractivity contribution in [2.45, 2.75) is 18.9 Å². The third-order valence-electron chi connectivity index (χ3n) is 2.50. The van der Waals surface area contributed by atoms with E-state index in [0.29, 0.717) is 6.42 Å². The Morgan fingerprint density at radius 1 is 1.06 bits per heavy atom. The summed E-state index contributed by atoms with van der Waals surface area (Å²) < 4.78 is 0. The van der Waals surface area contributed by atoms with Gasteiger partial charge in [-0.05, 0) is 24.0 Å². The molecule has 1 unspecified atom stereocenters. The molecule has 82 valence electrons. The van der Waals surface area contributed by atoms with Crippen molar-refractivity contribution in [3.63, 3.8) is 0 Å². The molecule has 2 aromatic rings. The smallest absolute Gasteiger partial charge is 0.115 e. The van der Waals surface area contributed by atoms with Crippen molar-refractivity contribution in [3.8, 4) is 0 Å². The molecule has 2 rings (SSSR count). The van der Waals surface area contributed by atoms with E-state index in [9.17, 15) is 5.11 Å². The van der Waals surface area contributed by atoms with Gasteiger partial charge in [-0.3, -0.25) is 0 Å². The van der Waals surface area contributed by atoms with E-state index in [1.54, 1.807) is 12.4 Å². The molecule has 1 N–H and O–H groups in total. The van der Waals surface area contributed by atoms with Crippen LogP contribution < -0.4 is 0 Å². The standard InChI is InChI=1S/C13H14N2O/c16-13(12-4-2-1-3-5-12)7-6-11-8-14-10-15-9-11/h1-5,8-10,13,16H,6-7H2. The summed E-state index contributed by atoms with van der Waals surface area (Å²) >= 11 is 0. The summed E-state index contributed by atoms with van der Waals surface area (Å²) in [4.78, 5) is 7.89. The topological polar surface area (TPSA) is 46.0 Å². The Labute approximate surface area is 94.8 Å². The Balaban J connectivity index is 1.92. The molecule has 1 heterocycles. The second kappa shape index (κ2) is 5.37. The summed E-state index contributed by atoms with van der Waals surface area (Å²) in [5, 5.41) is 9.94. The number of aliphatic hydroxyl groups is 1. The van der Waals surface area contributed by atoms with Crippen LogP contribution in [0.2, 0.25) is 0 Å². The molecule has 1 atom stereocenters. The highest BCUT2D eigenvalue weighted by atomic mass is 16.3. The highest BCUT2D eigenvalue weighted by Gasteiger charge is 2.06. The zero-order valence-corrected chi connectivity index (χ0v) is 8.95. The lowest BCUT2D eigenvalue weighted by molar-refractivity contribution is 0.168. The SMILES string of the molecule is OC(CCc1cncnc1)c1ccccc1. The lowest BCUT2D eigenvalue weighted by atomic mass is 10.0. The first-order chi connectivity index (χ1) is 7.86. The van der Waals surface area contributed by atoms with Crippen molar-refractivity contribution in [3.05, 3.63) is 60.2 Å². The minimum absolute atomic E-state index is 0.415. The largest absolute Gasteiger partial charge is 0.388 e. The first kappa shape index (κ1) is 10.8. The van der Waals surface area contributed by atoms with Gasteiger partial charge in [-0.1, -0.05) is 30.3 Å². The van der Waals surface area contributed by atoms with E-state index >= 15 is 0 Å². The molecule has 0 saturated heterocycles. The fourth-order valence-corrected chi connectivity index (χ4v) is 1.60. The van der Waals surface area contributed by atoms with Crippen molar-refractivity contribution in [1.82, 2.24) is 9.97 Å². The number of hydrogen-bond donors (Lipinski definition) is 1. The monoisotopic (exact) mass is 214 g/mol. The first-order valence-electron chi connectivity index (χ1n) is 5.33. The Kier molecular flexibility index (Phi) is 3.62. The molecule has 3 heteroatoms. The van der Waals surface area contributed by atoms with Gasteiger partial charge in [-0.15, -0.1) is 0 Å². The molecule has 0 aliphatic heterocycles. The third-order valence-corrected chi connectivity index (χ3v) is 2.50. The predicted octanol–water partition coefficient (Wildman–Crippen LogP) is 2.14. The Hall–Kier alpha value is -1.74. The van der Waals surface area contributed by atoms with Crippen molar-refractivity contribution in [2.75, 3.05) is 0 Å². The van der Waals surface area contributed by atoms with Crippen molar-refractivity contribution in [2.24, 2.45) is 0 Å². The van der Waals surface area contributed by atoms with Gasteiger partial charge in [0.15, 0.2) is 0 Å². The number of aliphatic hydroxyl groups excluding tert-OH is 1. The van der Waals surface area contributed by atoms with E-state index in [1.807, 2.05) is 30.3 Å². The van der Waals surface area contributed by atoms with Crippen LogP contribution in [0.4, 0.5) is 0 Å². The van der Waals surface area contributed by atoms with Crippen LogP contribution in [0.1, 0.15) is 23.7 Å². The summed E-state index contributed by atoms with van der Waals surface area (Å²) in [5.41, 5.74) is 2.01. The molecular weight excluding hydrogens is 200 g/mol. The summed E-state index contributed by atoms with van der Waals surface area (Å²) in [6.45, 7) is 0. The molecule has 1 aromatic heterocycles. The Morgan fingerprint density at radius 3 is 2.44 bits per heavy atom. The van der Waals surface area contributed by atoms with Crippen LogP contribution in [0.3, 0.4) is 0 Å². The molecule has 16 heavy (non-hydrogen) atoms. The van der Waals surface area contributed by atoms with Crippen LogP contribution in [-0.4, -0.2) is 15.1 Å². The minimum Gasteiger partial charge on any atom is -0.388 e. The summed E-state index contributed by atoms with van der Waals surface area (Å²) in [6.07, 6.45) is 6.14. The second-order valence-electron chi connectivity index (χ2n) is 3.71. The van der Waals surface area contributed by atoms with Crippen LogP contribution in [0.15, 0.2) is 49.1 Å². The van der Waals surface area contributed by atoms with Gasteiger partial charge in [-0.25, -0.2) is 9.97 Å². The fourth-order valence-electron chi connectivity index (χ4n) is 1.60. The number of aryl methyl sites for hydroxylation is 1. The van der Waals surface area contributed by atoms with Crippen molar-refractivity contribution >= 4 is 0 Å². The maximum Gasteiger partial charge on any atom is 0.115 e. The van der Waals surface area contributed by atoms with Gasteiger partial charge in [0.2, 0.25) is 0 Å². The van der Waals surface area contributed by atoms with Gasteiger partial charge in [-0.2, -0.15) is 0 Å². The molecular formula is C13H14N2O. The van der Waals surface area contributed by atoms with E-state index < -0.39 is 6.10 Å². The van der Waals surface area contributed by atoms with Crippen molar-refractivity contribution < 1.29 is 5.11 Å². The van der Waals surface area contributed by atoms with Crippen molar-refractivity contribution in [1.29, 1.82) is 0 Å². The summed E-state index contributed by atoms with van der Waals surface area (Å²) in [7, 11) is 0. The molecule has 0 fully saturated rings. The maximum absolute atomic E-state index is 9.94. The minimum atomic E-state index is -0.415. The lowest BCUT2D eigenvalue weighted by Crippen LogP contribution is -1.99. The molecule has 1 aromatic carbocycles. The van der Waals surface area contributed by atoms with Crippen LogP contribution in [0, 0.1) is 0 Å². The van der Waals surface area contributed by atoms with Gasteiger partial charge in [0.05, 0.1) is 6.10 Å². The number of aromatic nitrogens is 2. The van der Waals surface area contributed by atoms with E-state index in [4.69, 9.17) is 0 Å². The zero-order chi connectivity index (χ0) is 11.2. The average molecular weight is 214 g/mol. The molecule has 0 saturated carbocycles. The number of rotatable bonds is 4. The molecule has 0 bridgehead atoms. The number of hydrogen-bond acceptors (Lipinski definition) is 3. The summed E-state index contributed by atoms with van der Waals surface area (Å²) in [5.74, 6) is 0. The quantitative estimate of drug-likeness (QED) is 0.848. The maximum atomic E-state index is 9.94. The second-order valence-corrected chi connectivity index (χ2v) is 3.71. The van der Waals surface area contributed by atoms with E-state index in [1.165, 1.54) is 6.33 Å². The third kappa shape index (κ3) is 2.87. The number of benzene rings is 1. The molecule has 0 aliphatic rings. The van der Waals surface area contributed by atoms with Crippen LogP contribution in [0.5, 0.6) is 0 Å². The van der Waals surface area contributed by atoms with E-state index in [0.717, 1.165) is 17.5 Å². The molecule has 0 radical (unpaired) electrons. The lowest BCUT2D eigenvalue weighted by Gasteiger charge is -2.10. The summed E-state index contributed by atoms with van der Waals surface area (Å²) in [6, 6.07) is 9.69. The van der Waals surface area contributed by atoms with Crippen LogP contribution in [-0.2, 0) is 6.42 Å². The highest BCUT2D eigenvalue weighted by Crippen LogP contribution is 2.17. The van der Waals surface area contributed by atoms with Gasteiger partial charge < -0.3 is 5.11 Å². The van der Waals surface area contributed by atoms with E-state index in [-0.39, 0.29) is 0 Å². The molecule has 0 aliphatic carbocycles. The average Bonchev–Trinajstić information content (AvgIpc) is 2.38. The Bertz CT molecular complexity index is 416. The van der Waals surface area contributed by atoms with E-state index in [2.05, 4.69) is 9.97 Å². The van der Waals surface area contributed by atoms with Crippen LogP contribution >= 0.6 is 0 Å². The van der Waals surface area contributed by atoms with Crippen LogP contribution in [0.25, 0.3) is 0 Å². The normalized spacial score (nSPS) is 12.3. The Morgan fingerprint density at radius 2 is 1.75 bits per heavy atom. The predicted molar refractivity (Wildman–Crippen MR) is 61.8 cm³/mol. The first-order valence-corrected chi connectivity index (χ1v) is 5.33. The number of nitrogens with zero attached hydrogens (tertiary/aromatic N) is 2. The highest BCUT2D eigenvalue weighted by molar-refractivity contribution is 5.17. The van der Waals surface area contributed by atoms with Gasteiger partial charge in [0.1, 0.15) is 6.33 Å². The zero-order valence-electron chi connectivity index (χ0n) is 8.95. The van der Waals surface area contributed by atoms with Gasteiger partial charge >= 0.3 is 0 Å².